The van der Waals surface area contributed by atoms with E-state index in [1.54, 1.807) is 6.92 Å². The average Bonchev–Trinajstić information content (AvgIpc) is 1.97. The van der Waals surface area contributed by atoms with Crippen molar-refractivity contribution in [3.05, 3.63) is 22.8 Å². The van der Waals surface area contributed by atoms with Gasteiger partial charge in [-0.1, -0.05) is 24.1 Å². The summed E-state index contributed by atoms with van der Waals surface area (Å²) in [4.78, 5) is 0. The van der Waals surface area contributed by atoms with Gasteiger partial charge in [0.15, 0.2) is 0 Å². The quantitative estimate of drug-likeness (QED) is 0.544. The molecule has 0 saturated heterocycles. The number of allylic oxidation sites excluding steroid dienone is 4. The lowest BCUT2D eigenvalue weighted by Crippen LogP contribution is -2.18. The molecule has 3 heteroatoms. The molecule has 0 aromatic rings. The summed E-state index contributed by atoms with van der Waals surface area (Å²) >= 11 is 0. The summed E-state index contributed by atoms with van der Waals surface area (Å²) in [7, 11) is 0. The molecule has 74 valence electrons. The van der Waals surface area contributed by atoms with Gasteiger partial charge in [0.2, 0.25) is 0 Å². The molecule has 13 heavy (non-hydrogen) atoms. The first-order valence-corrected chi connectivity index (χ1v) is 4.27. The molecule has 0 spiro atoms. The zero-order valence-corrected chi connectivity index (χ0v) is 8.00. The van der Waals surface area contributed by atoms with E-state index in [1.807, 2.05) is 13.8 Å². The lowest BCUT2D eigenvalue weighted by Gasteiger charge is -2.23. The molecular formula is C10H13F3. The maximum absolute atomic E-state index is 12.3. The molecule has 1 aliphatic carbocycles. The maximum atomic E-state index is 12.3. The van der Waals surface area contributed by atoms with Crippen LogP contribution in [0.3, 0.4) is 0 Å². The fourth-order valence-corrected chi connectivity index (χ4v) is 1.50. The lowest BCUT2D eigenvalue weighted by molar-refractivity contribution is -0.0951. The Morgan fingerprint density at radius 2 is 1.85 bits per heavy atom. The van der Waals surface area contributed by atoms with Gasteiger partial charge in [-0.25, -0.2) is 0 Å². The molecule has 0 N–H and O–H groups in total. The Hall–Kier alpha value is -0.730. The van der Waals surface area contributed by atoms with Crippen molar-refractivity contribution >= 4 is 0 Å². The highest BCUT2D eigenvalue weighted by molar-refractivity contribution is 5.34. The first kappa shape index (κ1) is 10.4. The van der Waals surface area contributed by atoms with E-state index in [0.29, 0.717) is 0 Å². The molecule has 0 amide bonds. The van der Waals surface area contributed by atoms with Crippen LogP contribution in [0, 0.1) is 5.92 Å². The Morgan fingerprint density at radius 3 is 2.23 bits per heavy atom. The highest BCUT2D eigenvalue weighted by Gasteiger charge is 2.35. The van der Waals surface area contributed by atoms with Gasteiger partial charge >= 0.3 is 6.18 Å². The van der Waals surface area contributed by atoms with E-state index in [2.05, 4.69) is 0 Å². The van der Waals surface area contributed by atoms with Gasteiger partial charge in [0.25, 0.3) is 0 Å². The molecular weight excluding hydrogens is 177 g/mol. The van der Waals surface area contributed by atoms with Crippen LogP contribution in [0.15, 0.2) is 22.8 Å². The highest BCUT2D eigenvalue weighted by atomic mass is 19.4. The fraction of sp³-hybridized carbons (Fsp3) is 0.600. The minimum absolute atomic E-state index is 0.0154. The molecule has 0 bridgehead atoms. The second-order valence-corrected chi connectivity index (χ2v) is 3.64. The van der Waals surface area contributed by atoms with E-state index in [1.165, 1.54) is 6.08 Å². The number of hydrogen-bond donors (Lipinski definition) is 0. The number of halogens is 3. The Morgan fingerprint density at radius 1 is 1.31 bits per heavy atom. The van der Waals surface area contributed by atoms with E-state index in [-0.39, 0.29) is 12.3 Å². The smallest absolute Gasteiger partial charge is 0.166 e. The Bertz CT molecular complexity index is 268. The third-order valence-electron chi connectivity index (χ3n) is 2.64. The summed E-state index contributed by atoms with van der Waals surface area (Å²) in [5.41, 5.74) is 1.42. The Balaban J connectivity index is 3.00. The summed E-state index contributed by atoms with van der Waals surface area (Å²) in [6.07, 6.45) is -2.78. The Labute approximate surface area is 76.1 Å². The van der Waals surface area contributed by atoms with Crippen molar-refractivity contribution in [3.63, 3.8) is 0 Å². The molecule has 0 fully saturated rings. The molecule has 1 unspecified atom stereocenters. The van der Waals surface area contributed by atoms with Crippen LogP contribution in [-0.2, 0) is 0 Å². The van der Waals surface area contributed by atoms with E-state index in [0.717, 1.165) is 11.1 Å². The van der Waals surface area contributed by atoms with Crippen LogP contribution in [-0.4, -0.2) is 6.18 Å². The number of rotatable bonds is 0. The van der Waals surface area contributed by atoms with Gasteiger partial charge in [-0.15, -0.1) is 0 Å². The van der Waals surface area contributed by atoms with E-state index in [9.17, 15) is 13.2 Å². The molecule has 1 atom stereocenters. The van der Waals surface area contributed by atoms with Crippen LogP contribution in [0.2, 0.25) is 0 Å². The van der Waals surface area contributed by atoms with E-state index in [4.69, 9.17) is 0 Å². The van der Waals surface area contributed by atoms with Gasteiger partial charge in [0.1, 0.15) is 0 Å². The Kier molecular flexibility index (Phi) is 2.55. The molecule has 0 aromatic heterocycles. The lowest BCUT2D eigenvalue weighted by atomic mass is 9.85. The van der Waals surface area contributed by atoms with Gasteiger partial charge in [-0.3, -0.25) is 0 Å². The summed E-state index contributed by atoms with van der Waals surface area (Å²) in [6, 6.07) is 0. The molecule has 0 radical (unpaired) electrons. The van der Waals surface area contributed by atoms with E-state index < -0.39 is 11.7 Å². The first-order valence-electron chi connectivity index (χ1n) is 4.27. The molecule has 1 aliphatic rings. The second kappa shape index (κ2) is 3.20. The van der Waals surface area contributed by atoms with Crippen LogP contribution in [0.1, 0.15) is 27.2 Å². The van der Waals surface area contributed by atoms with Gasteiger partial charge < -0.3 is 0 Å². The second-order valence-electron chi connectivity index (χ2n) is 3.64. The standard InChI is InChI=1S/C10H13F3/c1-6-4-9(10(11,12)13)5-7(2)8(6)3/h4,7H,5H2,1-3H3. The predicted molar refractivity (Wildman–Crippen MR) is 46.3 cm³/mol. The topological polar surface area (TPSA) is 0 Å². The monoisotopic (exact) mass is 190 g/mol. The van der Waals surface area contributed by atoms with Crippen LogP contribution >= 0.6 is 0 Å². The minimum atomic E-state index is -4.16. The fourth-order valence-electron chi connectivity index (χ4n) is 1.50. The van der Waals surface area contributed by atoms with Crippen molar-refractivity contribution in [1.82, 2.24) is 0 Å². The van der Waals surface area contributed by atoms with Gasteiger partial charge in [-0.2, -0.15) is 13.2 Å². The summed E-state index contributed by atoms with van der Waals surface area (Å²) in [6.45, 7) is 5.46. The molecule has 0 heterocycles. The zero-order valence-electron chi connectivity index (χ0n) is 8.00. The highest BCUT2D eigenvalue weighted by Crippen LogP contribution is 2.37. The summed E-state index contributed by atoms with van der Waals surface area (Å²) in [5, 5.41) is 0. The van der Waals surface area contributed by atoms with Crippen molar-refractivity contribution in [2.24, 2.45) is 5.92 Å². The van der Waals surface area contributed by atoms with Crippen LogP contribution in [0.25, 0.3) is 0 Å². The van der Waals surface area contributed by atoms with Crippen molar-refractivity contribution in [3.8, 4) is 0 Å². The van der Waals surface area contributed by atoms with Crippen LogP contribution in [0.4, 0.5) is 13.2 Å². The number of hydrogen-bond acceptors (Lipinski definition) is 0. The first-order chi connectivity index (χ1) is 5.82. The minimum Gasteiger partial charge on any atom is -0.166 e. The predicted octanol–water partition coefficient (Wildman–Crippen LogP) is 3.85. The number of alkyl halides is 3. The van der Waals surface area contributed by atoms with Crippen LogP contribution < -0.4 is 0 Å². The third-order valence-corrected chi connectivity index (χ3v) is 2.64. The summed E-state index contributed by atoms with van der Waals surface area (Å²) < 4.78 is 37.0. The average molecular weight is 190 g/mol. The van der Waals surface area contributed by atoms with Gasteiger partial charge in [0.05, 0.1) is 0 Å². The van der Waals surface area contributed by atoms with Gasteiger partial charge in [0, 0.05) is 5.57 Å². The zero-order chi connectivity index (χ0) is 10.2. The van der Waals surface area contributed by atoms with Gasteiger partial charge in [-0.05, 0) is 26.2 Å². The third kappa shape index (κ3) is 2.14. The molecule has 1 rings (SSSR count). The molecule has 0 aliphatic heterocycles. The van der Waals surface area contributed by atoms with Crippen molar-refractivity contribution in [2.75, 3.05) is 0 Å². The summed E-state index contributed by atoms with van der Waals surface area (Å²) in [5.74, 6) is 0.0154. The van der Waals surface area contributed by atoms with E-state index >= 15 is 0 Å². The maximum Gasteiger partial charge on any atom is 0.412 e. The SMILES string of the molecule is CC1=C(C)C(C)CC(C(F)(F)F)=C1. The normalized spacial score (nSPS) is 24.8. The van der Waals surface area contributed by atoms with Crippen molar-refractivity contribution in [2.45, 2.75) is 33.4 Å². The molecule has 0 saturated carbocycles. The molecule has 0 aromatic carbocycles. The van der Waals surface area contributed by atoms with Crippen molar-refractivity contribution in [1.29, 1.82) is 0 Å². The largest absolute Gasteiger partial charge is 0.412 e. The van der Waals surface area contributed by atoms with Crippen molar-refractivity contribution < 1.29 is 13.2 Å². The van der Waals surface area contributed by atoms with Crippen LogP contribution in [0.5, 0.6) is 0 Å². The molecule has 0 nitrogen and oxygen atoms in total.